The third kappa shape index (κ3) is 2.93. The van der Waals surface area contributed by atoms with Crippen molar-refractivity contribution in [3.63, 3.8) is 0 Å². The van der Waals surface area contributed by atoms with Crippen LogP contribution in [0.3, 0.4) is 0 Å². The number of nitro groups is 1. The Morgan fingerprint density at radius 1 is 1.20 bits per heavy atom. The molecule has 0 bridgehead atoms. The van der Waals surface area contributed by atoms with Gasteiger partial charge in [-0.15, -0.1) is 0 Å². The summed E-state index contributed by atoms with van der Waals surface area (Å²) in [7, 11) is 0. The van der Waals surface area contributed by atoms with E-state index in [1.807, 2.05) is 32.0 Å². The molecule has 1 heterocycles. The van der Waals surface area contributed by atoms with Gasteiger partial charge in [0, 0.05) is 35.8 Å². The Bertz CT molecular complexity index is 627. The van der Waals surface area contributed by atoms with E-state index < -0.39 is 0 Å². The summed E-state index contributed by atoms with van der Waals surface area (Å²) in [5, 5.41) is 14.3. The highest BCUT2D eigenvalue weighted by Gasteiger charge is 2.15. The van der Waals surface area contributed by atoms with Crippen LogP contribution in [-0.4, -0.2) is 9.91 Å². The second-order valence-corrected chi connectivity index (χ2v) is 4.86. The maximum atomic E-state index is 11.0. The van der Waals surface area contributed by atoms with Gasteiger partial charge in [-0.2, -0.15) is 0 Å². The Labute approximate surface area is 117 Å². The predicted molar refractivity (Wildman–Crippen MR) is 78.8 cm³/mol. The minimum atomic E-state index is -0.350. The Morgan fingerprint density at radius 3 is 2.45 bits per heavy atom. The molecule has 0 radical (unpaired) electrons. The first-order valence-corrected chi connectivity index (χ1v) is 6.41. The van der Waals surface area contributed by atoms with Crippen LogP contribution >= 0.6 is 0 Å². The van der Waals surface area contributed by atoms with E-state index in [9.17, 15) is 10.1 Å². The van der Waals surface area contributed by atoms with E-state index in [1.54, 1.807) is 25.4 Å². The number of nitrogens with one attached hydrogen (secondary N) is 1. The molecule has 0 aliphatic heterocycles. The maximum Gasteiger partial charge on any atom is 0.274 e. The number of rotatable bonds is 4. The fourth-order valence-corrected chi connectivity index (χ4v) is 2.16. The Balaban J connectivity index is 2.29. The zero-order valence-electron chi connectivity index (χ0n) is 11.8. The van der Waals surface area contributed by atoms with Gasteiger partial charge in [0.05, 0.1) is 4.92 Å². The Morgan fingerprint density at radius 2 is 1.85 bits per heavy atom. The van der Waals surface area contributed by atoms with Gasteiger partial charge < -0.3 is 5.32 Å². The molecule has 1 N–H and O–H groups in total. The number of anilines is 1. The van der Waals surface area contributed by atoms with E-state index in [4.69, 9.17) is 0 Å². The number of hydrogen-bond donors (Lipinski definition) is 1. The normalized spacial score (nSPS) is 11.9. The van der Waals surface area contributed by atoms with Crippen molar-refractivity contribution in [2.75, 3.05) is 5.32 Å². The monoisotopic (exact) mass is 271 g/mol. The van der Waals surface area contributed by atoms with Gasteiger partial charge in [0.2, 0.25) is 0 Å². The number of aryl methyl sites for hydroxylation is 2. The van der Waals surface area contributed by atoms with Gasteiger partial charge in [0.1, 0.15) is 0 Å². The van der Waals surface area contributed by atoms with Crippen molar-refractivity contribution in [2.45, 2.75) is 26.8 Å². The fourth-order valence-electron chi connectivity index (χ4n) is 2.16. The van der Waals surface area contributed by atoms with Crippen LogP contribution in [0.2, 0.25) is 0 Å². The van der Waals surface area contributed by atoms with Crippen molar-refractivity contribution in [3.8, 4) is 0 Å². The maximum absolute atomic E-state index is 11.0. The summed E-state index contributed by atoms with van der Waals surface area (Å²) in [6.07, 6.45) is 3.47. The largest absolute Gasteiger partial charge is 0.378 e. The summed E-state index contributed by atoms with van der Waals surface area (Å²) in [6.45, 7) is 5.71. The lowest BCUT2D eigenvalue weighted by molar-refractivity contribution is -0.385. The molecule has 2 aromatic rings. The zero-order chi connectivity index (χ0) is 14.7. The van der Waals surface area contributed by atoms with Gasteiger partial charge in [0.15, 0.2) is 0 Å². The molecule has 0 aliphatic carbocycles. The SMILES string of the molecule is Cc1cc(C)c([N+](=O)[O-])cc1NC(C)c1ccncc1. The standard InChI is InChI=1S/C15H17N3O2/c1-10-8-11(2)15(18(19)20)9-14(10)17-12(3)13-4-6-16-7-5-13/h4-9,12,17H,1-3H3. The van der Waals surface area contributed by atoms with Crippen LogP contribution in [0.5, 0.6) is 0 Å². The zero-order valence-corrected chi connectivity index (χ0v) is 11.8. The second kappa shape index (κ2) is 5.69. The molecular weight excluding hydrogens is 254 g/mol. The van der Waals surface area contributed by atoms with Gasteiger partial charge in [0.25, 0.3) is 5.69 Å². The van der Waals surface area contributed by atoms with E-state index >= 15 is 0 Å². The molecule has 1 unspecified atom stereocenters. The molecule has 0 amide bonds. The van der Waals surface area contributed by atoms with E-state index in [2.05, 4.69) is 10.3 Å². The molecule has 2 rings (SSSR count). The van der Waals surface area contributed by atoms with E-state index in [0.717, 1.165) is 16.8 Å². The van der Waals surface area contributed by atoms with Crippen LogP contribution < -0.4 is 5.32 Å². The van der Waals surface area contributed by atoms with Crippen LogP contribution in [0.25, 0.3) is 0 Å². The van der Waals surface area contributed by atoms with Crippen molar-refractivity contribution in [3.05, 3.63) is 63.5 Å². The van der Waals surface area contributed by atoms with Gasteiger partial charge >= 0.3 is 0 Å². The Hall–Kier alpha value is -2.43. The molecule has 0 saturated heterocycles. The smallest absolute Gasteiger partial charge is 0.274 e. The number of pyridine rings is 1. The first-order valence-electron chi connectivity index (χ1n) is 6.41. The number of nitrogens with zero attached hydrogens (tertiary/aromatic N) is 2. The highest BCUT2D eigenvalue weighted by atomic mass is 16.6. The molecular formula is C15H17N3O2. The third-order valence-electron chi connectivity index (χ3n) is 3.32. The third-order valence-corrected chi connectivity index (χ3v) is 3.32. The fraction of sp³-hybridized carbons (Fsp3) is 0.267. The summed E-state index contributed by atoms with van der Waals surface area (Å²) < 4.78 is 0. The van der Waals surface area contributed by atoms with Gasteiger partial charge in [-0.05, 0) is 50.1 Å². The van der Waals surface area contributed by atoms with Crippen molar-refractivity contribution >= 4 is 11.4 Å². The van der Waals surface area contributed by atoms with E-state index in [-0.39, 0.29) is 16.7 Å². The van der Waals surface area contributed by atoms with E-state index in [1.165, 1.54) is 0 Å². The molecule has 104 valence electrons. The van der Waals surface area contributed by atoms with Crippen molar-refractivity contribution in [1.29, 1.82) is 0 Å². The second-order valence-electron chi connectivity index (χ2n) is 4.86. The molecule has 20 heavy (non-hydrogen) atoms. The molecule has 1 aromatic heterocycles. The average molecular weight is 271 g/mol. The number of aromatic nitrogens is 1. The number of benzene rings is 1. The number of nitro benzene ring substituents is 1. The Kier molecular flexibility index (Phi) is 3.98. The van der Waals surface area contributed by atoms with Crippen molar-refractivity contribution < 1.29 is 4.92 Å². The molecule has 1 aromatic carbocycles. The summed E-state index contributed by atoms with van der Waals surface area (Å²) >= 11 is 0. The van der Waals surface area contributed by atoms with Gasteiger partial charge in [-0.3, -0.25) is 15.1 Å². The number of hydrogen-bond acceptors (Lipinski definition) is 4. The first-order chi connectivity index (χ1) is 9.49. The average Bonchev–Trinajstić information content (AvgIpc) is 2.42. The van der Waals surface area contributed by atoms with Crippen LogP contribution in [0.15, 0.2) is 36.7 Å². The predicted octanol–water partition coefficient (Wildman–Crippen LogP) is 3.78. The van der Waals surface area contributed by atoms with Crippen LogP contribution in [0.1, 0.15) is 29.7 Å². The van der Waals surface area contributed by atoms with Crippen LogP contribution in [0, 0.1) is 24.0 Å². The molecule has 0 spiro atoms. The van der Waals surface area contributed by atoms with Crippen molar-refractivity contribution in [1.82, 2.24) is 4.98 Å². The quantitative estimate of drug-likeness (QED) is 0.678. The van der Waals surface area contributed by atoms with Crippen LogP contribution in [0.4, 0.5) is 11.4 Å². The van der Waals surface area contributed by atoms with Gasteiger partial charge in [-0.1, -0.05) is 0 Å². The topological polar surface area (TPSA) is 68.1 Å². The highest BCUT2D eigenvalue weighted by Crippen LogP contribution is 2.28. The summed E-state index contributed by atoms with van der Waals surface area (Å²) in [5.74, 6) is 0. The summed E-state index contributed by atoms with van der Waals surface area (Å²) in [6, 6.07) is 7.34. The minimum absolute atomic E-state index is 0.0546. The lowest BCUT2D eigenvalue weighted by Crippen LogP contribution is -2.08. The molecule has 5 heteroatoms. The molecule has 0 fully saturated rings. The molecule has 1 atom stereocenters. The van der Waals surface area contributed by atoms with Crippen LogP contribution in [-0.2, 0) is 0 Å². The highest BCUT2D eigenvalue weighted by molar-refractivity contribution is 5.60. The lowest BCUT2D eigenvalue weighted by Gasteiger charge is -2.17. The first kappa shape index (κ1) is 14.0. The molecule has 0 saturated carbocycles. The minimum Gasteiger partial charge on any atom is -0.378 e. The summed E-state index contributed by atoms with van der Waals surface area (Å²) in [4.78, 5) is 14.6. The summed E-state index contributed by atoms with van der Waals surface area (Å²) in [5.41, 5.74) is 3.68. The molecule has 5 nitrogen and oxygen atoms in total. The van der Waals surface area contributed by atoms with E-state index in [0.29, 0.717) is 5.56 Å². The lowest BCUT2D eigenvalue weighted by atomic mass is 10.1. The van der Waals surface area contributed by atoms with Crippen molar-refractivity contribution in [2.24, 2.45) is 0 Å². The molecule has 0 aliphatic rings. The van der Waals surface area contributed by atoms with Gasteiger partial charge in [-0.25, -0.2) is 0 Å².